The summed E-state index contributed by atoms with van der Waals surface area (Å²) in [6.07, 6.45) is 4.53. The van der Waals surface area contributed by atoms with Gasteiger partial charge in [-0.3, -0.25) is 9.08 Å². The first-order valence-corrected chi connectivity index (χ1v) is 7.73. The molecule has 126 valence electrons. The molecular formula is C16H16N8O. The Labute approximate surface area is 143 Å². The monoisotopic (exact) mass is 336 g/mol. The van der Waals surface area contributed by atoms with E-state index in [1.807, 2.05) is 37.5 Å². The van der Waals surface area contributed by atoms with Gasteiger partial charge in [0.2, 0.25) is 5.95 Å². The molecule has 2 N–H and O–H groups in total. The lowest BCUT2D eigenvalue weighted by Gasteiger charge is -2.07. The normalized spacial score (nSPS) is 12.4. The summed E-state index contributed by atoms with van der Waals surface area (Å²) in [5.41, 5.74) is 2.28. The van der Waals surface area contributed by atoms with Gasteiger partial charge >= 0.3 is 0 Å². The molecular weight excluding hydrogens is 320 g/mol. The summed E-state index contributed by atoms with van der Waals surface area (Å²) in [7, 11) is 1.84. The first-order chi connectivity index (χ1) is 12.1. The van der Waals surface area contributed by atoms with E-state index in [-0.39, 0.29) is 0 Å². The number of hydrogen-bond acceptors (Lipinski definition) is 7. The summed E-state index contributed by atoms with van der Waals surface area (Å²) in [6, 6.07) is 7.44. The number of fused-ring (bicyclic) bond motifs is 1. The van der Waals surface area contributed by atoms with Gasteiger partial charge in [-0.1, -0.05) is 0 Å². The van der Waals surface area contributed by atoms with Crippen molar-refractivity contribution in [1.29, 1.82) is 0 Å². The van der Waals surface area contributed by atoms with Crippen LogP contribution in [0, 0.1) is 0 Å². The molecule has 0 radical (unpaired) electrons. The van der Waals surface area contributed by atoms with Gasteiger partial charge in [-0.2, -0.15) is 5.10 Å². The van der Waals surface area contributed by atoms with Crippen molar-refractivity contribution >= 4 is 17.4 Å². The molecule has 9 nitrogen and oxygen atoms in total. The van der Waals surface area contributed by atoms with Crippen LogP contribution < -0.4 is 5.32 Å². The van der Waals surface area contributed by atoms with Crippen LogP contribution in [0.2, 0.25) is 0 Å². The summed E-state index contributed by atoms with van der Waals surface area (Å²) in [6.45, 7) is 1.66. The van der Waals surface area contributed by atoms with Crippen molar-refractivity contribution in [2.24, 2.45) is 7.05 Å². The number of rotatable bonds is 4. The van der Waals surface area contributed by atoms with Crippen LogP contribution >= 0.6 is 0 Å². The van der Waals surface area contributed by atoms with E-state index in [0.29, 0.717) is 17.4 Å². The standard InChI is InChI=1S/C16H16N8O/c1-10(25)15-22-21-14-9-11(5-8-24(14)15)12-3-6-17-16(19-12)20-13-4-7-18-23(13)2/h3-10,25H,1-2H3,(H,17,19,20). The van der Waals surface area contributed by atoms with E-state index >= 15 is 0 Å². The van der Waals surface area contributed by atoms with Crippen LogP contribution in [0.3, 0.4) is 0 Å². The number of aliphatic hydroxyl groups is 1. The quantitative estimate of drug-likeness (QED) is 0.584. The van der Waals surface area contributed by atoms with E-state index in [1.54, 1.807) is 28.4 Å². The van der Waals surface area contributed by atoms with Crippen molar-refractivity contribution in [2.45, 2.75) is 13.0 Å². The van der Waals surface area contributed by atoms with Gasteiger partial charge in [-0.25, -0.2) is 9.97 Å². The lowest BCUT2D eigenvalue weighted by molar-refractivity contribution is 0.187. The van der Waals surface area contributed by atoms with Gasteiger partial charge in [0.25, 0.3) is 0 Å². The van der Waals surface area contributed by atoms with Gasteiger partial charge in [0.05, 0.1) is 11.9 Å². The summed E-state index contributed by atoms with van der Waals surface area (Å²) in [5, 5.41) is 25.1. The third kappa shape index (κ3) is 2.81. The minimum atomic E-state index is -0.686. The minimum absolute atomic E-state index is 0.479. The van der Waals surface area contributed by atoms with E-state index in [1.165, 1.54) is 0 Å². The first-order valence-electron chi connectivity index (χ1n) is 7.73. The van der Waals surface area contributed by atoms with Crippen LogP contribution in [-0.2, 0) is 7.05 Å². The number of nitrogens with zero attached hydrogens (tertiary/aromatic N) is 7. The van der Waals surface area contributed by atoms with Crippen molar-refractivity contribution in [3.63, 3.8) is 0 Å². The summed E-state index contributed by atoms with van der Waals surface area (Å²) < 4.78 is 3.46. The number of anilines is 2. The molecule has 4 aromatic heterocycles. The minimum Gasteiger partial charge on any atom is -0.385 e. The van der Waals surface area contributed by atoms with Gasteiger partial charge in [0.1, 0.15) is 11.9 Å². The maximum absolute atomic E-state index is 9.72. The lowest BCUT2D eigenvalue weighted by atomic mass is 10.2. The highest BCUT2D eigenvalue weighted by molar-refractivity contribution is 5.65. The largest absolute Gasteiger partial charge is 0.385 e. The molecule has 1 unspecified atom stereocenters. The molecule has 0 fully saturated rings. The Bertz CT molecular complexity index is 1040. The zero-order chi connectivity index (χ0) is 17.4. The molecule has 4 aromatic rings. The number of nitrogens with one attached hydrogen (secondary N) is 1. The predicted octanol–water partition coefficient (Wildman–Crippen LogP) is 1.72. The topological polar surface area (TPSA) is 106 Å². The maximum Gasteiger partial charge on any atom is 0.228 e. The fraction of sp³-hybridized carbons (Fsp3) is 0.188. The second kappa shape index (κ2) is 5.95. The molecule has 0 amide bonds. The van der Waals surface area contributed by atoms with Crippen LogP contribution in [0.25, 0.3) is 16.9 Å². The summed E-state index contributed by atoms with van der Waals surface area (Å²) in [4.78, 5) is 8.78. The zero-order valence-electron chi connectivity index (χ0n) is 13.7. The summed E-state index contributed by atoms with van der Waals surface area (Å²) >= 11 is 0. The molecule has 0 bridgehead atoms. The number of aliphatic hydroxyl groups excluding tert-OH is 1. The van der Waals surface area contributed by atoms with E-state index in [9.17, 15) is 5.11 Å². The highest BCUT2D eigenvalue weighted by atomic mass is 16.3. The van der Waals surface area contributed by atoms with E-state index in [2.05, 4.69) is 30.6 Å². The Morgan fingerprint density at radius 2 is 2.04 bits per heavy atom. The van der Waals surface area contributed by atoms with Gasteiger partial charge < -0.3 is 10.4 Å². The van der Waals surface area contributed by atoms with Crippen LogP contribution in [0.5, 0.6) is 0 Å². The molecule has 1 atom stereocenters. The number of aryl methyl sites for hydroxylation is 1. The van der Waals surface area contributed by atoms with Crippen molar-refractivity contribution in [2.75, 3.05) is 5.32 Å². The Morgan fingerprint density at radius 1 is 1.16 bits per heavy atom. The molecule has 4 heterocycles. The van der Waals surface area contributed by atoms with Gasteiger partial charge in [0, 0.05) is 31.1 Å². The van der Waals surface area contributed by atoms with Gasteiger partial charge in [-0.15, -0.1) is 10.2 Å². The van der Waals surface area contributed by atoms with Crippen LogP contribution in [0.15, 0.2) is 42.9 Å². The average molecular weight is 336 g/mol. The molecule has 0 saturated heterocycles. The number of pyridine rings is 1. The highest BCUT2D eigenvalue weighted by Gasteiger charge is 2.12. The van der Waals surface area contributed by atoms with Gasteiger partial charge in [0.15, 0.2) is 11.5 Å². The second-order valence-electron chi connectivity index (χ2n) is 5.61. The molecule has 0 aliphatic carbocycles. The van der Waals surface area contributed by atoms with Gasteiger partial charge in [-0.05, 0) is 25.1 Å². The van der Waals surface area contributed by atoms with Crippen LogP contribution in [-0.4, -0.2) is 39.5 Å². The smallest absolute Gasteiger partial charge is 0.228 e. The van der Waals surface area contributed by atoms with Crippen LogP contribution in [0.1, 0.15) is 18.9 Å². The molecule has 0 aromatic carbocycles. The third-order valence-electron chi connectivity index (χ3n) is 3.82. The molecule has 0 aliphatic heterocycles. The second-order valence-corrected chi connectivity index (χ2v) is 5.61. The van der Waals surface area contributed by atoms with Crippen molar-refractivity contribution in [3.8, 4) is 11.3 Å². The first kappa shape index (κ1) is 15.2. The van der Waals surface area contributed by atoms with E-state index in [0.717, 1.165) is 17.1 Å². The van der Waals surface area contributed by atoms with E-state index in [4.69, 9.17) is 0 Å². The van der Waals surface area contributed by atoms with Crippen LogP contribution in [0.4, 0.5) is 11.8 Å². The fourth-order valence-corrected chi connectivity index (χ4v) is 2.54. The lowest BCUT2D eigenvalue weighted by Crippen LogP contribution is -2.03. The third-order valence-corrected chi connectivity index (χ3v) is 3.82. The number of hydrogen-bond donors (Lipinski definition) is 2. The maximum atomic E-state index is 9.72. The van der Waals surface area contributed by atoms with Crippen molar-refractivity contribution in [3.05, 3.63) is 48.7 Å². The molecule has 0 saturated carbocycles. The SMILES string of the molecule is CC(O)c1nnc2cc(-c3ccnc(Nc4ccnn4C)n3)ccn12. The predicted molar refractivity (Wildman–Crippen MR) is 91.1 cm³/mol. The van der Waals surface area contributed by atoms with Crippen molar-refractivity contribution in [1.82, 2.24) is 34.3 Å². The van der Waals surface area contributed by atoms with Crippen molar-refractivity contribution < 1.29 is 5.11 Å². The summed E-state index contributed by atoms with van der Waals surface area (Å²) in [5.74, 6) is 1.78. The van der Waals surface area contributed by atoms with E-state index < -0.39 is 6.10 Å². The zero-order valence-corrected chi connectivity index (χ0v) is 13.7. The molecule has 9 heteroatoms. The Kier molecular flexibility index (Phi) is 3.62. The highest BCUT2D eigenvalue weighted by Crippen LogP contribution is 2.21. The fourth-order valence-electron chi connectivity index (χ4n) is 2.54. The Balaban J connectivity index is 1.69. The molecule has 4 rings (SSSR count). The molecule has 0 spiro atoms. The molecule has 0 aliphatic rings. The molecule has 25 heavy (non-hydrogen) atoms. The average Bonchev–Trinajstić information content (AvgIpc) is 3.21. The Morgan fingerprint density at radius 3 is 2.80 bits per heavy atom. The number of aromatic nitrogens is 7. The Hall–Kier alpha value is -3.33.